The zero-order chi connectivity index (χ0) is 18.1. The lowest BCUT2D eigenvalue weighted by molar-refractivity contribution is -0.121. The Morgan fingerprint density at radius 1 is 1.04 bits per heavy atom. The Kier molecular flexibility index (Phi) is 7.76. The van der Waals surface area contributed by atoms with Gasteiger partial charge in [-0.25, -0.2) is 0 Å². The van der Waals surface area contributed by atoms with E-state index in [1.807, 2.05) is 42.5 Å². The van der Waals surface area contributed by atoms with Gasteiger partial charge in [0.05, 0.1) is 0 Å². The highest BCUT2D eigenvalue weighted by atomic mass is 32.2. The maximum Gasteiger partial charge on any atom is 0.239 e. The fourth-order valence-electron chi connectivity index (χ4n) is 2.08. The lowest BCUT2D eigenvalue weighted by Crippen LogP contribution is -2.43. The van der Waals surface area contributed by atoms with Crippen LogP contribution in [0.3, 0.4) is 0 Å². The highest BCUT2D eigenvalue weighted by Gasteiger charge is 2.04. The summed E-state index contributed by atoms with van der Waals surface area (Å²) >= 11 is 6.84. The van der Waals surface area contributed by atoms with Crippen molar-refractivity contribution in [2.75, 3.05) is 11.1 Å². The van der Waals surface area contributed by atoms with Crippen LogP contribution in [0, 0.1) is 0 Å². The Labute approximate surface area is 158 Å². The Balaban J connectivity index is 1.66. The molecule has 0 heterocycles. The molecular formula is C19H23N3OS2. The van der Waals surface area contributed by atoms with E-state index in [1.54, 1.807) is 11.8 Å². The molecule has 132 valence electrons. The zero-order valence-electron chi connectivity index (χ0n) is 14.4. The first-order chi connectivity index (χ1) is 12.0. The standard InChI is InChI=1S/C19H23N3OS2/c1-14(2)15-8-10-16(11-9-15)20-19(24)22-21-18(23)12-13-25-17-6-4-3-5-7-17/h3-11,14H,12-13H2,1-2H3,(H,21,23)(H2,20,22,24). The highest BCUT2D eigenvalue weighted by molar-refractivity contribution is 7.99. The molecular weight excluding hydrogens is 350 g/mol. The number of carbonyl (C=O) groups excluding carboxylic acids is 1. The van der Waals surface area contributed by atoms with Gasteiger partial charge in [-0.3, -0.25) is 15.6 Å². The summed E-state index contributed by atoms with van der Waals surface area (Å²) in [7, 11) is 0. The van der Waals surface area contributed by atoms with Crippen molar-refractivity contribution in [3.63, 3.8) is 0 Å². The van der Waals surface area contributed by atoms with E-state index in [-0.39, 0.29) is 5.91 Å². The predicted molar refractivity (Wildman–Crippen MR) is 110 cm³/mol. The van der Waals surface area contributed by atoms with Crippen molar-refractivity contribution in [2.24, 2.45) is 0 Å². The number of nitrogens with one attached hydrogen (secondary N) is 3. The molecule has 25 heavy (non-hydrogen) atoms. The monoisotopic (exact) mass is 373 g/mol. The van der Waals surface area contributed by atoms with E-state index in [2.05, 4.69) is 42.1 Å². The van der Waals surface area contributed by atoms with E-state index in [0.717, 1.165) is 10.6 Å². The number of thiocarbonyl (C=S) groups is 1. The molecule has 6 heteroatoms. The maximum atomic E-state index is 11.8. The van der Waals surface area contributed by atoms with Gasteiger partial charge in [0.1, 0.15) is 0 Å². The normalized spacial score (nSPS) is 10.4. The molecule has 0 bridgehead atoms. The molecule has 0 atom stereocenters. The van der Waals surface area contributed by atoms with Crippen molar-refractivity contribution >= 4 is 40.7 Å². The van der Waals surface area contributed by atoms with Crippen molar-refractivity contribution in [3.8, 4) is 0 Å². The highest BCUT2D eigenvalue weighted by Crippen LogP contribution is 2.18. The summed E-state index contributed by atoms with van der Waals surface area (Å²) in [6, 6.07) is 18.1. The largest absolute Gasteiger partial charge is 0.331 e. The molecule has 2 rings (SSSR count). The Bertz CT molecular complexity index is 688. The molecule has 0 aliphatic rings. The minimum absolute atomic E-state index is 0.0947. The van der Waals surface area contributed by atoms with E-state index in [9.17, 15) is 4.79 Å². The van der Waals surface area contributed by atoms with E-state index < -0.39 is 0 Å². The first-order valence-electron chi connectivity index (χ1n) is 8.18. The summed E-state index contributed by atoms with van der Waals surface area (Å²) in [4.78, 5) is 13.0. The van der Waals surface area contributed by atoms with Crippen molar-refractivity contribution in [3.05, 3.63) is 60.2 Å². The molecule has 1 amide bonds. The number of hydrazine groups is 1. The van der Waals surface area contributed by atoms with Gasteiger partial charge in [0.25, 0.3) is 0 Å². The molecule has 0 unspecified atom stereocenters. The number of anilines is 1. The second-order valence-corrected chi connectivity index (χ2v) is 7.39. The van der Waals surface area contributed by atoms with Gasteiger partial charge in [0.2, 0.25) is 5.91 Å². The number of carbonyl (C=O) groups is 1. The van der Waals surface area contributed by atoms with Gasteiger partial charge >= 0.3 is 0 Å². The summed E-state index contributed by atoms with van der Waals surface area (Å²) < 4.78 is 0. The van der Waals surface area contributed by atoms with Gasteiger partial charge in [-0.2, -0.15) is 0 Å². The molecule has 0 aliphatic carbocycles. The first kappa shape index (κ1) is 19.3. The third-order valence-corrected chi connectivity index (χ3v) is 4.71. The molecule has 0 fully saturated rings. The molecule has 0 aliphatic heterocycles. The van der Waals surface area contributed by atoms with Gasteiger partial charge in [0.15, 0.2) is 5.11 Å². The van der Waals surface area contributed by atoms with Crippen LogP contribution in [0.2, 0.25) is 0 Å². The van der Waals surface area contributed by atoms with Gasteiger partial charge in [0, 0.05) is 22.8 Å². The number of thioether (sulfide) groups is 1. The van der Waals surface area contributed by atoms with Crippen LogP contribution in [0.1, 0.15) is 31.7 Å². The van der Waals surface area contributed by atoms with Crippen LogP contribution >= 0.6 is 24.0 Å². The van der Waals surface area contributed by atoms with Gasteiger partial charge in [-0.1, -0.05) is 44.2 Å². The number of benzene rings is 2. The van der Waals surface area contributed by atoms with Crippen LogP contribution in [0.15, 0.2) is 59.5 Å². The zero-order valence-corrected chi connectivity index (χ0v) is 16.0. The molecule has 2 aromatic rings. The SMILES string of the molecule is CC(C)c1ccc(NC(=S)NNC(=O)CCSc2ccccc2)cc1. The average molecular weight is 374 g/mol. The quantitative estimate of drug-likeness (QED) is 0.400. The lowest BCUT2D eigenvalue weighted by atomic mass is 10.0. The topological polar surface area (TPSA) is 53.2 Å². The summed E-state index contributed by atoms with van der Waals surface area (Å²) in [6.07, 6.45) is 0.415. The van der Waals surface area contributed by atoms with Gasteiger partial charge in [-0.05, 0) is 48.0 Å². The van der Waals surface area contributed by atoms with E-state index in [0.29, 0.717) is 23.2 Å². The van der Waals surface area contributed by atoms with Gasteiger partial charge < -0.3 is 5.32 Å². The number of rotatable bonds is 6. The summed E-state index contributed by atoms with van der Waals surface area (Å²) in [6.45, 7) is 4.31. The molecule has 0 saturated carbocycles. The summed E-state index contributed by atoms with van der Waals surface area (Å²) in [5.41, 5.74) is 7.50. The number of hydrogen-bond donors (Lipinski definition) is 3. The molecule has 2 aromatic carbocycles. The molecule has 3 N–H and O–H groups in total. The van der Waals surface area contributed by atoms with E-state index in [1.165, 1.54) is 5.56 Å². The van der Waals surface area contributed by atoms with Gasteiger partial charge in [-0.15, -0.1) is 11.8 Å². The van der Waals surface area contributed by atoms with Crippen molar-refractivity contribution < 1.29 is 4.79 Å². The molecule has 0 saturated heterocycles. The van der Waals surface area contributed by atoms with Crippen LogP contribution < -0.4 is 16.2 Å². The third-order valence-electron chi connectivity index (χ3n) is 3.49. The minimum atomic E-state index is -0.0947. The average Bonchev–Trinajstić information content (AvgIpc) is 2.61. The minimum Gasteiger partial charge on any atom is -0.331 e. The Morgan fingerprint density at radius 2 is 1.72 bits per heavy atom. The molecule has 0 radical (unpaired) electrons. The number of amides is 1. The second kappa shape index (κ2) is 10.1. The first-order valence-corrected chi connectivity index (χ1v) is 9.57. The molecule has 4 nitrogen and oxygen atoms in total. The van der Waals surface area contributed by atoms with E-state index in [4.69, 9.17) is 12.2 Å². The molecule has 0 aromatic heterocycles. The van der Waals surface area contributed by atoms with Crippen LogP contribution in [0.5, 0.6) is 0 Å². The Hall–Kier alpha value is -2.05. The van der Waals surface area contributed by atoms with E-state index >= 15 is 0 Å². The van der Waals surface area contributed by atoms with Crippen LogP contribution in [0.25, 0.3) is 0 Å². The van der Waals surface area contributed by atoms with Crippen molar-refractivity contribution in [1.82, 2.24) is 10.9 Å². The lowest BCUT2D eigenvalue weighted by Gasteiger charge is -2.12. The van der Waals surface area contributed by atoms with Crippen molar-refractivity contribution in [2.45, 2.75) is 31.1 Å². The maximum absolute atomic E-state index is 11.8. The summed E-state index contributed by atoms with van der Waals surface area (Å²) in [5, 5.41) is 3.41. The Morgan fingerprint density at radius 3 is 2.36 bits per heavy atom. The number of hydrogen-bond acceptors (Lipinski definition) is 3. The smallest absolute Gasteiger partial charge is 0.239 e. The predicted octanol–water partition coefficient (Wildman–Crippen LogP) is 4.31. The second-order valence-electron chi connectivity index (χ2n) is 5.82. The molecule has 0 spiro atoms. The van der Waals surface area contributed by atoms with Crippen LogP contribution in [-0.4, -0.2) is 16.8 Å². The van der Waals surface area contributed by atoms with Crippen LogP contribution in [-0.2, 0) is 4.79 Å². The third kappa shape index (κ3) is 7.15. The fourth-order valence-corrected chi connectivity index (χ4v) is 3.12. The van der Waals surface area contributed by atoms with Crippen LogP contribution in [0.4, 0.5) is 5.69 Å². The fraction of sp³-hybridized carbons (Fsp3) is 0.263. The summed E-state index contributed by atoms with van der Waals surface area (Å²) in [5.74, 6) is 1.11. The van der Waals surface area contributed by atoms with Crippen molar-refractivity contribution in [1.29, 1.82) is 0 Å².